The normalized spacial score (nSPS) is 12.0. The molecule has 10 aromatic carbocycles. The second-order valence-corrected chi connectivity index (χ2v) is 14.6. The molecule has 0 aromatic heterocycles. The second kappa shape index (κ2) is 10.5. The van der Waals surface area contributed by atoms with Gasteiger partial charge in [0.1, 0.15) is 0 Å². The van der Waals surface area contributed by atoms with Crippen molar-refractivity contribution in [3.05, 3.63) is 169 Å². The largest absolute Gasteiger partial charge is 0.192 e. The zero-order valence-corrected chi connectivity index (χ0v) is 28.9. The Bertz CT molecular complexity index is 3190. The van der Waals surface area contributed by atoms with Crippen LogP contribution in [-0.4, -0.2) is 0 Å². The first kappa shape index (κ1) is 29.1. The number of rotatable bonds is 2. The Labute approximate surface area is 311 Å². The molecule has 0 N–H and O–H groups in total. The monoisotopic (exact) mass is 678 g/mol. The van der Waals surface area contributed by atoms with Crippen LogP contribution in [0.5, 0.6) is 0 Å². The highest BCUT2D eigenvalue weighted by Gasteiger charge is 2.29. The van der Waals surface area contributed by atoms with Gasteiger partial charge in [0.05, 0.1) is 23.3 Å². The molecule has 244 valence electrons. The van der Waals surface area contributed by atoms with E-state index in [1.165, 1.54) is 109 Å². The molecular weight excluding hydrogens is 653 g/mol. The lowest BCUT2D eigenvalue weighted by Gasteiger charge is -2.19. The summed E-state index contributed by atoms with van der Waals surface area (Å²) in [7, 11) is 0. The predicted octanol–water partition coefficient (Wildman–Crippen LogP) is 13.8. The van der Waals surface area contributed by atoms with Crippen molar-refractivity contribution in [2.24, 2.45) is 0 Å². The minimum Gasteiger partial charge on any atom is -0.192 e. The van der Waals surface area contributed by atoms with Crippen molar-refractivity contribution in [3.63, 3.8) is 0 Å². The molecule has 12 rings (SSSR count). The van der Waals surface area contributed by atoms with Gasteiger partial charge in [0.15, 0.2) is 0 Å². The molecule has 0 bridgehead atoms. The van der Waals surface area contributed by atoms with Crippen LogP contribution in [-0.2, 0) is 0 Å². The van der Waals surface area contributed by atoms with Crippen LogP contribution in [0.2, 0.25) is 0 Å². The molecule has 0 spiro atoms. The van der Waals surface area contributed by atoms with Crippen LogP contribution >= 0.6 is 0 Å². The van der Waals surface area contributed by atoms with Crippen LogP contribution in [0.25, 0.3) is 121 Å². The summed E-state index contributed by atoms with van der Waals surface area (Å²) in [5, 5.41) is 31.6. The minimum atomic E-state index is 0.654. The Morgan fingerprint density at radius 1 is 0.296 bits per heavy atom. The molecule has 0 radical (unpaired) electrons. The van der Waals surface area contributed by atoms with Gasteiger partial charge in [0.25, 0.3) is 0 Å². The van der Waals surface area contributed by atoms with E-state index in [-0.39, 0.29) is 0 Å². The highest BCUT2D eigenvalue weighted by Crippen LogP contribution is 2.56. The smallest absolute Gasteiger partial charge is 0.0991 e. The van der Waals surface area contributed by atoms with Gasteiger partial charge in [-0.1, -0.05) is 121 Å². The Morgan fingerprint density at radius 3 is 1.06 bits per heavy atom. The summed E-state index contributed by atoms with van der Waals surface area (Å²) >= 11 is 0. The fraction of sp³-hybridized carbons (Fsp3) is 0. The van der Waals surface area contributed by atoms with E-state index in [0.29, 0.717) is 11.1 Å². The summed E-state index contributed by atoms with van der Waals surface area (Å²) in [6.45, 7) is 0. The number of fused-ring (bicyclic) bond motifs is 11. The van der Waals surface area contributed by atoms with E-state index in [9.17, 15) is 10.5 Å². The molecule has 0 fully saturated rings. The van der Waals surface area contributed by atoms with Crippen LogP contribution in [0.3, 0.4) is 0 Å². The van der Waals surface area contributed by atoms with E-state index in [1.807, 2.05) is 24.3 Å². The van der Waals surface area contributed by atoms with Crippen LogP contribution in [0.4, 0.5) is 0 Å². The Morgan fingerprint density at radius 2 is 0.667 bits per heavy atom. The fourth-order valence-electron chi connectivity index (χ4n) is 9.73. The highest BCUT2D eigenvalue weighted by atomic mass is 14.3. The molecule has 0 aliphatic heterocycles. The Hall–Kier alpha value is -7.52. The maximum absolute atomic E-state index is 9.66. The van der Waals surface area contributed by atoms with Crippen LogP contribution in [0.1, 0.15) is 11.1 Å². The molecule has 2 heteroatoms. The minimum absolute atomic E-state index is 0.654. The van der Waals surface area contributed by atoms with Gasteiger partial charge in [0.2, 0.25) is 0 Å². The zero-order valence-electron chi connectivity index (χ0n) is 28.9. The molecule has 54 heavy (non-hydrogen) atoms. The van der Waals surface area contributed by atoms with Gasteiger partial charge in [-0.2, -0.15) is 10.5 Å². The van der Waals surface area contributed by atoms with Crippen molar-refractivity contribution in [1.29, 1.82) is 10.5 Å². The maximum Gasteiger partial charge on any atom is 0.0991 e. The molecule has 2 aliphatic rings. The summed E-state index contributed by atoms with van der Waals surface area (Å²) in [6, 6.07) is 61.4. The van der Waals surface area contributed by atoms with E-state index in [4.69, 9.17) is 0 Å². The molecule has 0 heterocycles. The maximum atomic E-state index is 9.66. The molecule has 2 nitrogen and oxygen atoms in total. The van der Waals surface area contributed by atoms with Crippen molar-refractivity contribution >= 4 is 53.9 Å². The Balaban J connectivity index is 1.22. The third kappa shape index (κ3) is 3.71. The molecule has 0 amide bonds. The summed E-state index contributed by atoms with van der Waals surface area (Å²) < 4.78 is 0. The lowest BCUT2D eigenvalue weighted by Crippen LogP contribution is -1.92. The van der Waals surface area contributed by atoms with Gasteiger partial charge < -0.3 is 0 Å². The van der Waals surface area contributed by atoms with E-state index in [1.54, 1.807) is 0 Å². The number of nitrogens with zero attached hydrogens (tertiary/aromatic N) is 2. The Kier molecular flexibility index (Phi) is 5.67. The quantitative estimate of drug-likeness (QED) is 0.171. The molecule has 0 unspecified atom stereocenters. The van der Waals surface area contributed by atoms with E-state index >= 15 is 0 Å². The first-order valence-corrected chi connectivity index (χ1v) is 18.3. The van der Waals surface area contributed by atoms with Crippen molar-refractivity contribution < 1.29 is 0 Å². The third-order valence-corrected chi connectivity index (χ3v) is 12.0. The fourth-order valence-corrected chi connectivity index (χ4v) is 9.73. The average molecular weight is 679 g/mol. The van der Waals surface area contributed by atoms with E-state index in [0.717, 1.165) is 11.1 Å². The summed E-state index contributed by atoms with van der Waals surface area (Å²) in [4.78, 5) is 0. The number of benzene rings is 10. The van der Waals surface area contributed by atoms with Gasteiger partial charge in [0, 0.05) is 0 Å². The average Bonchev–Trinajstić information content (AvgIpc) is 3.73. The van der Waals surface area contributed by atoms with Gasteiger partial charge in [-0.15, -0.1) is 0 Å². The first-order valence-electron chi connectivity index (χ1n) is 18.3. The lowest BCUT2D eigenvalue weighted by molar-refractivity contribution is 1.48. The van der Waals surface area contributed by atoms with Crippen molar-refractivity contribution in [3.8, 4) is 78.9 Å². The SMILES string of the molecule is N#Cc1ccc(-c2c3c(cc4c2ccc2c5cc6c(c(-c7ccc(C#N)cc7)c5ccc42)-c2cccc4cccc-6c24)-c2cccc4cccc-3c24)cc1. The van der Waals surface area contributed by atoms with Crippen molar-refractivity contribution in [2.45, 2.75) is 0 Å². The van der Waals surface area contributed by atoms with Crippen LogP contribution in [0.15, 0.2) is 158 Å². The molecule has 0 atom stereocenters. The van der Waals surface area contributed by atoms with Gasteiger partial charge in [-0.3, -0.25) is 0 Å². The summed E-state index contributed by atoms with van der Waals surface area (Å²) in [5.41, 5.74) is 16.0. The van der Waals surface area contributed by atoms with Gasteiger partial charge >= 0.3 is 0 Å². The highest BCUT2D eigenvalue weighted by molar-refractivity contribution is 6.30. The number of hydrogen-bond donors (Lipinski definition) is 0. The van der Waals surface area contributed by atoms with Crippen LogP contribution < -0.4 is 0 Å². The predicted molar refractivity (Wildman–Crippen MR) is 223 cm³/mol. The zero-order chi connectivity index (χ0) is 35.7. The number of hydrogen-bond acceptors (Lipinski definition) is 2. The summed E-state index contributed by atoms with van der Waals surface area (Å²) in [6.07, 6.45) is 0. The lowest BCUT2D eigenvalue weighted by atomic mass is 9.83. The molecule has 10 aromatic rings. The van der Waals surface area contributed by atoms with Crippen molar-refractivity contribution in [2.75, 3.05) is 0 Å². The van der Waals surface area contributed by atoms with Gasteiger partial charge in [-0.25, -0.2) is 0 Å². The van der Waals surface area contributed by atoms with E-state index < -0.39 is 0 Å². The van der Waals surface area contributed by atoms with Gasteiger partial charge in [-0.05, 0) is 157 Å². The topological polar surface area (TPSA) is 47.6 Å². The number of nitriles is 2. The molecule has 0 saturated carbocycles. The first-order chi connectivity index (χ1) is 26.7. The molecular formula is C52H26N2. The molecule has 2 aliphatic carbocycles. The second-order valence-electron chi connectivity index (χ2n) is 14.6. The van der Waals surface area contributed by atoms with Crippen molar-refractivity contribution in [1.82, 2.24) is 0 Å². The molecule has 0 saturated heterocycles. The summed E-state index contributed by atoms with van der Waals surface area (Å²) in [5.74, 6) is 0. The van der Waals surface area contributed by atoms with Crippen LogP contribution in [0, 0.1) is 22.7 Å². The third-order valence-electron chi connectivity index (χ3n) is 12.0. The van der Waals surface area contributed by atoms with E-state index in [2.05, 4.69) is 146 Å². The standard InChI is InChI=1S/C52H26N2/c53-27-29-13-17-33(18-14-29)49-39-23-22-36-35(43(39)25-45-37-9-1-5-31-7-3-11-41(47(31)37)51(45)49)21-24-40-44(36)26-46-38-10-2-6-32-8-4-12-42(48(32)38)52(46)50(40)34-19-15-30(28-54)16-20-34/h1-26H.